The van der Waals surface area contributed by atoms with E-state index in [0.717, 1.165) is 56.0 Å². The van der Waals surface area contributed by atoms with Crippen molar-refractivity contribution in [3.63, 3.8) is 0 Å². The van der Waals surface area contributed by atoms with Gasteiger partial charge in [-0.2, -0.15) is 9.97 Å². The molecule has 190 valence electrons. The Balaban J connectivity index is 1.40. The fourth-order valence-electron chi connectivity index (χ4n) is 4.79. The fraction of sp³-hybridized carbons (Fsp3) is 0.462. The van der Waals surface area contributed by atoms with Gasteiger partial charge in [0.25, 0.3) is 0 Å². The number of carbonyl (C=O) groups is 1. The SMILES string of the molecule is C=CC(=O)N[C@@H]1CCN(c2nc(Nc3ccc(N4CCN(C)CC4)cc3)c3ncn(C(C)C)c3n2)C1. The second-order valence-corrected chi connectivity index (χ2v) is 9.90. The number of amides is 1. The highest BCUT2D eigenvalue weighted by Gasteiger charge is 2.27. The van der Waals surface area contributed by atoms with Gasteiger partial charge >= 0.3 is 0 Å². The van der Waals surface area contributed by atoms with Crippen molar-refractivity contribution in [3.8, 4) is 0 Å². The molecule has 1 amide bonds. The maximum absolute atomic E-state index is 11.8. The summed E-state index contributed by atoms with van der Waals surface area (Å²) in [4.78, 5) is 33.1. The number of benzene rings is 1. The van der Waals surface area contributed by atoms with Crippen molar-refractivity contribution in [2.75, 3.05) is 61.4 Å². The molecule has 0 unspecified atom stereocenters. The van der Waals surface area contributed by atoms with Crippen LogP contribution in [0.2, 0.25) is 0 Å². The first kappa shape index (κ1) is 24.1. The Morgan fingerprint density at radius 1 is 1.08 bits per heavy atom. The van der Waals surface area contributed by atoms with E-state index in [1.54, 1.807) is 0 Å². The summed E-state index contributed by atoms with van der Waals surface area (Å²) in [7, 11) is 2.17. The van der Waals surface area contributed by atoms with Crippen molar-refractivity contribution < 1.29 is 4.79 Å². The Morgan fingerprint density at radius 3 is 2.53 bits per heavy atom. The molecule has 2 fully saturated rings. The van der Waals surface area contributed by atoms with Gasteiger partial charge in [0.2, 0.25) is 11.9 Å². The van der Waals surface area contributed by atoms with Crippen LogP contribution in [0.3, 0.4) is 0 Å². The highest BCUT2D eigenvalue weighted by Crippen LogP contribution is 2.29. The molecule has 10 nitrogen and oxygen atoms in total. The number of piperazine rings is 1. The molecule has 2 saturated heterocycles. The molecule has 36 heavy (non-hydrogen) atoms. The highest BCUT2D eigenvalue weighted by molar-refractivity contribution is 5.88. The summed E-state index contributed by atoms with van der Waals surface area (Å²) in [6.45, 7) is 13.4. The van der Waals surface area contributed by atoms with E-state index in [1.807, 2.05) is 6.33 Å². The van der Waals surface area contributed by atoms with Crippen molar-refractivity contribution in [3.05, 3.63) is 43.2 Å². The number of anilines is 4. The number of likely N-dealkylation sites (N-methyl/N-ethyl adjacent to an activating group) is 1. The van der Waals surface area contributed by atoms with E-state index in [-0.39, 0.29) is 18.0 Å². The van der Waals surface area contributed by atoms with E-state index in [2.05, 4.69) is 86.6 Å². The normalized spacial score (nSPS) is 18.7. The van der Waals surface area contributed by atoms with Crippen molar-refractivity contribution in [2.24, 2.45) is 0 Å². The Morgan fingerprint density at radius 2 is 1.83 bits per heavy atom. The summed E-state index contributed by atoms with van der Waals surface area (Å²) in [5.41, 5.74) is 3.72. The van der Waals surface area contributed by atoms with E-state index in [4.69, 9.17) is 9.97 Å². The monoisotopic (exact) mass is 489 g/mol. The Hall–Kier alpha value is -3.66. The van der Waals surface area contributed by atoms with E-state index in [9.17, 15) is 4.79 Å². The maximum Gasteiger partial charge on any atom is 0.243 e. The third-order valence-corrected chi connectivity index (χ3v) is 6.97. The minimum absolute atomic E-state index is 0.0448. The molecule has 2 N–H and O–H groups in total. The van der Waals surface area contributed by atoms with Gasteiger partial charge in [0.05, 0.1) is 6.33 Å². The van der Waals surface area contributed by atoms with Crippen molar-refractivity contribution in [2.45, 2.75) is 32.4 Å². The summed E-state index contributed by atoms with van der Waals surface area (Å²) < 4.78 is 2.06. The lowest BCUT2D eigenvalue weighted by atomic mass is 10.2. The molecule has 0 saturated carbocycles. The molecule has 0 spiro atoms. The number of hydrogen-bond donors (Lipinski definition) is 2. The predicted octanol–water partition coefficient (Wildman–Crippen LogP) is 2.78. The lowest BCUT2D eigenvalue weighted by Crippen LogP contribution is -2.44. The Bertz CT molecular complexity index is 1230. The van der Waals surface area contributed by atoms with E-state index < -0.39 is 0 Å². The number of hydrogen-bond acceptors (Lipinski definition) is 8. The van der Waals surface area contributed by atoms with Crippen LogP contribution in [0.1, 0.15) is 26.3 Å². The lowest BCUT2D eigenvalue weighted by Gasteiger charge is -2.34. The molecule has 1 aromatic carbocycles. The molecule has 0 bridgehead atoms. The quantitative estimate of drug-likeness (QED) is 0.490. The predicted molar refractivity (Wildman–Crippen MR) is 144 cm³/mol. The minimum Gasteiger partial charge on any atom is -0.369 e. The van der Waals surface area contributed by atoms with Crippen LogP contribution in [0.25, 0.3) is 11.2 Å². The van der Waals surface area contributed by atoms with Crippen LogP contribution in [0.4, 0.5) is 23.1 Å². The fourth-order valence-corrected chi connectivity index (χ4v) is 4.79. The number of imidazole rings is 1. The van der Waals surface area contributed by atoms with Gasteiger partial charge in [-0.05, 0) is 57.7 Å². The summed E-state index contributed by atoms with van der Waals surface area (Å²) in [5, 5.41) is 6.47. The van der Waals surface area contributed by atoms with Crippen LogP contribution in [0.15, 0.2) is 43.2 Å². The molecule has 5 rings (SSSR count). The van der Waals surface area contributed by atoms with E-state index >= 15 is 0 Å². The van der Waals surface area contributed by atoms with E-state index in [1.165, 1.54) is 11.8 Å². The molecular formula is C26H35N9O. The third kappa shape index (κ3) is 4.99. The summed E-state index contributed by atoms with van der Waals surface area (Å²) in [6.07, 6.45) is 3.97. The molecule has 3 aromatic rings. The second-order valence-electron chi connectivity index (χ2n) is 9.90. The average molecular weight is 490 g/mol. The zero-order valence-electron chi connectivity index (χ0n) is 21.3. The number of aromatic nitrogens is 4. The number of carbonyl (C=O) groups excluding carboxylic acids is 1. The second kappa shape index (κ2) is 10.1. The highest BCUT2D eigenvalue weighted by atomic mass is 16.1. The Labute approximate surface area is 212 Å². The van der Waals surface area contributed by atoms with Crippen molar-refractivity contribution in [1.29, 1.82) is 0 Å². The molecule has 2 aliphatic rings. The standard InChI is InChI=1S/C26H35N9O/c1-5-22(36)28-20-10-11-34(16-20)26-30-24(23-25(31-26)35(17-27-23)18(2)3)29-19-6-8-21(9-7-19)33-14-12-32(4)13-15-33/h5-9,17-18,20H,1,10-16H2,2-4H3,(H,28,36)(H,29,30,31)/t20-/m1/s1. The van der Waals surface area contributed by atoms with Gasteiger partial charge in [-0.25, -0.2) is 4.98 Å². The molecule has 4 heterocycles. The first-order valence-corrected chi connectivity index (χ1v) is 12.6. The first-order chi connectivity index (χ1) is 17.4. The molecular weight excluding hydrogens is 454 g/mol. The van der Waals surface area contributed by atoms with Gasteiger partial charge in [-0.15, -0.1) is 0 Å². The van der Waals surface area contributed by atoms with Gasteiger partial charge in [-0.3, -0.25) is 4.79 Å². The van der Waals surface area contributed by atoms with Crippen molar-refractivity contribution in [1.82, 2.24) is 29.7 Å². The van der Waals surface area contributed by atoms with Crippen LogP contribution < -0.4 is 20.4 Å². The van der Waals surface area contributed by atoms with Crippen LogP contribution >= 0.6 is 0 Å². The molecule has 1 atom stereocenters. The van der Waals surface area contributed by atoms with E-state index in [0.29, 0.717) is 18.3 Å². The van der Waals surface area contributed by atoms with Crippen LogP contribution in [-0.4, -0.2) is 82.7 Å². The Kier molecular flexibility index (Phi) is 6.77. The topological polar surface area (TPSA) is 94.5 Å². The number of nitrogens with one attached hydrogen (secondary N) is 2. The summed E-state index contributed by atoms with van der Waals surface area (Å²) >= 11 is 0. The summed E-state index contributed by atoms with van der Waals surface area (Å²) in [6, 6.07) is 8.77. The zero-order valence-corrected chi connectivity index (χ0v) is 21.3. The molecule has 2 aliphatic heterocycles. The maximum atomic E-state index is 11.8. The number of fused-ring (bicyclic) bond motifs is 1. The number of rotatable bonds is 7. The third-order valence-electron chi connectivity index (χ3n) is 6.97. The summed E-state index contributed by atoms with van der Waals surface area (Å²) in [5.74, 6) is 1.16. The number of nitrogens with zero attached hydrogens (tertiary/aromatic N) is 7. The average Bonchev–Trinajstić information content (AvgIpc) is 3.52. The van der Waals surface area contributed by atoms with Gasteiger partial charge < -0.3 is 29.9 Å². The zero-order chi connectivity index (χ0) is 25.2. The van der Waals surface area contributed by atoms with Crippen LogP contribution in [-0.2, 0) is 4.79 Å². The smallest absolute Gasteiger partial charge is 0.243 e. The van der Waals surface area contributed by atoms with Gasteiger partial charge in [0, 0.05) is 62.7 Å². The molecule has 0 radical (unpaired) electrons. The van der Waals surface area contributed by atoms with Gasteiger partial charge in [0.15, 0.2) is 17.0 Å². The van der Waals surface area contributed by atoms with Gasteiger partial charge in [-0.1, -0.05) is 6.58 Å². The van der Waals surface area contributed by atoms with Crippen LogP contribution in [0, 0.1) is 0 Å². The first-order valence-electron chi connectivity index (χ1n) is 12.6. The molecule has 2 aromatic heterocycles. The van der Waals surface area contributed by atoms with Crippen molar-refractivity contribution >= 4 is 40.2 Å². The molecule has 10 heteroatoms. The minimum atomic E-state index is -0.154. The lowest BCUT2D eigenvalue weighted by molar-refractivity contribution is -0.117. The largest absolute Gasteiger partial charge is 0.369 e. The van der Waals surface area contributed by atoms with Crippen LogP contribution in [0.5, 0.6) is 0 Å². The molecule has 0 aliphatic carbocycles. The van der Waals surface area contributed by atoms with Gasteiger partial charge in [0.1, 0.15) is 0 Å².